The van der Waals surface area contributed by atoms with Crippen molar-refractivity contribution < 1.29 is 14.6 Å². The molecule has 0 aliphatic carbocycles. The topological polar surface area (TPSA) is 46.5 Å². The zero-order valence-electron chi connectivity index (χ0n) is 8.08. The number of carbonyl (C=O) groups is 1. The number of hydrogen-bond acceptors (Lipinski definition) is 4. The number of rotatable bonds is 2. The number of aliphatic hydroxyl groups excluding tert-OH is 1. The maximum atomic E-state index is 11.5. The van der Waals surface area contributed by atoms with Gasteiger partial charge in [0, 0.05) is 0 Å². The van der Waals surface area contributed by atoms with E-state index in [-0.39, 0.29) is 5.97 Å². The summed E-state index contributed by atoms with van der Waals surface area (Å²) in [6.45, 7) is 1.67. The van der Waals surface area contributed by atoms with E-state index in [0.29, 0.717) is 0 Å². The molecule has 3 nitrogen and oxygen atoms in total. The second-order valence-corrected chi connectivity index (χ2v) is 4.66. The molecule has 13 heavy (non-hydrogen) atoms. The first-order chi connectivity index (χ1) is 6.13. The summed E-state index contributed by atoms with van der Waals surface area (Å²) in [6.07, 6.45) is 0.838. The Kier molecular flexibility index (Phi) is 3.62. The maximum Gasteiger partial charge on any atom is 0.314 e. The van der Waals surface area contributed by atoms with E-state index in [9.17, 15) is 9.90 Å². The third-order valence-electron chi connectivity index (χ3n) is 2.78. The van der Waals surface area contributed by atoms with Crippen molar-refractivity contribution in [3.63, 3.8) is 0 Å². The van der Waals surface area contributed by atoms with E-state index < -0.39 is 11.5 Å². The van der Waals surface area contributed by atoms with Gasteiger partial charge in [0.1, 0.15) is 0 Å². The molecule has 1 aliphatic heterocycles. The Bertz CT molecular complexity index is 185. The van der Waals surface area contributed by atoms with Crippen molar-refractivity contribution in [3.8, 4) is 0 Å². The largest absolute Gasteiger partial charge is 0.469 e. The molecule has 0 bridgehead atoms. The Morgan fingerprint density at radius 2 is 2.08 bits per heavy atom. The van der Waals surface area contributed by atoms with Gasteiger partial charge in [0.05, 0.1) is 18.6 Å². The number of thioether (sulfide) groups is 1. The van der Waals surface area contributed by atoms with Gasteiger partial charge in [-0.3, -0.25) is 4.79 Å². The predicted octanol–water partition coefficient (Wildman–Crippen LogP) is 1.05. The average molecular weight is 204 g/mol. The Labute approximate surface area is 82.8 Å². The third-order valence-corrected chi connectivity index (χ3v) is 3.76. The zero-order chi connectivity index (χ0) is 9.90. The van der Waals surface area contributed by atoms with Gasteiger partial charge in [0.2, 0.25) is 0 Å². The molecule has 0 aromatic heterocycles. The highest BCUT2D eigenvalue weighted by Gasteiger charge is 2.44. The van der Waals surface area contributed by atoms with Crippen LogP contribution in [-0.2, 0) is 9.53 Å². The molecule has 1 fully saturated rings. The molecular weight excluding hydrogens is 188 g/mol. The minimum Gasteiger partial charge on any atom is -0.469 e. The van der Waals surface area contributed by atoms with E-state index in [4.69, 9.17) is 4.74 Å². The Morgan fingerprint density at radius 1 is 1.54 bits per heavy atom. The van der Waals surface area contributed by atoms with Crippen LogP contribution >= 0.6 is 11.8 Å². The molecule has 0 radical (unpaired) electrons. The van der Waals surface area contributed by atoms with Crippen LogP contribution in [0.1, 0.15) is 19.8 Å². The molecule has 0 saturated carbocycles. The Morgan fingerprint density at radius 3 is 2.46 bits per heavy atom. The summed E-state index contributed by atoms with van der Waals surface area (Å²) in [5.41, 5.74) is -0.639. The summed E-state index contributed by atoms with van der Waals surface area (Å²) in [4.78, 5) is 11.5. The minimum atomic E-state index is -0.639. The van der Waals surface area contributed by atoms with E-state index in [1.807, 2.05) is 11.8 Å². The van der Waals surface area contributed by atoms with Gasteiger partial charge in [0.25, 0.3) is 0 Å². The first-order valence-electron chi connectivity index (χ1n) is 4.48. The molecule has 4 heteroatoms. The minimum absolute atomic E-state index is 0.261. The summed E-state index contributed by atoms with van der Waals surface area (Å²) in [5.74, 6) is 1.60. The quantitative estimate of drug-likeness (QED) is 0.683. The standard InChI is InChI=1S/C9H16O3S/c1-7(10)9(8(11)12-2)3-5-13-6-4-9/h7,10H,3-6H2,1-2H3/t7-/m0/s1. The Balaban J connectivity index is 2.79. The lowest BCUT2D eigenvalue weighted by molar-refractivity contribution is -0.160. The summed E-state index contributed by atoms with van der Waals surface area (Å²) in [6, 6.07) is 0. The highest BCUT2D eigenvalue weighted by molar-refractivity contribution is 7.99. The van der Waals surface area contributed by atoms with Crippen LogP contribution in [0.5, 0.6) is 0 Å². The fourth-order valence-corrected chi connectivity index (χ4v) is 2.95. The van der Waals surface area contributed by atoms with Crippen LogP contribution in [0.2, 0.25) is 0 Å². The van der Waals surface area contributed by atoms with Crippen LogP contribution in [0, 0.1) is 5.41 Å². The van der Waals surface area contributed by atoms with Gasteiger partial charge in [-0.2, -0.15) is 11.8 Å². The summed E-state index contributed by atoms with van der Waals surface area (Å²) in [5, 5.41) is 9.62. The average Bonchev–Trinajstić information content (AvgIpc) is 2.17. The molecule has 0 unspecified atom stereocenters. The second-order valence-electron chi connectivity index (χ2n) is 3.44. The zero-order valence-corrected chi connectivity index (χ0v) is 8.89. The van der Waals surface area contributed by atoms with E-state index in [1.165, 1.54) is 7.11 Å². The van der Waals surface area contributed by atoms with Gasteiger partial charge in [0.15, 0.2) is 0 Å². The number of methoxy groups -OCH3 is 1. The van der Waals surface area contributed by atoms with Crippen LogP contribution in [0.15, 0.2) is 0 Å². The van der Waals surface area contributed by atoms with Crippen molar-refractivity contribution in [1.29, 1.82) is 0 Å². The number of carbonyl (C=O) groups excluding carboxylic acids is 1. The van der Waals surface area contributed by atoms with E-state index >= 15 is 0 Å². The molecule has 0 aromatic carbocycles. The molecule has 76 valence electrons. The van der Waals surface area contributed by atoms with Crippen molar-refractivity contribution in [3.05, 3.63) is 0 Å². The van der Waals surface area contributed by atoms with Crippen molar-refractivity contribution in [2.45, 2.75) is 25.9 Å². The van der Waals surface area contributed by atoms with E-state index in [0.717, 1.165) is 24.3 Å². The molecule has 0 amide bonds. The first kappa shape index (κ1) is 10.9. The van der Waals surface area contributed by atoms with Crippen LogP contribution < -0.4 is 0 Å². The highest BCUT2D eigenvalue weighted by Crippen LogP contribution is 2.39. The lowest BCUT2D eigenvalue weighted by Gasteiger charge is -2.36. The smallest absolute Gasteiger partial charge is 0.314 e. The van der Waals surface area contributed by atoms with Crippen molar-refractivity contribution in [2.75, 3.05) is 18.6 Å². The van der Waals surface area contributed by atoms with Crippen molar-refractivity contribution >= 4 is 17.7 Å². The molecule has 1 N–H and O–H groups in total. The lowest BCUT2D eigenvalue weighted by atomic mass is 9.77. The van der Waals surface area contributed by atoms with E-state index in [2.05, 4.69) is 0 Å². The molecule has 0 aromatic rings. The summed E-state index contributed by atoms with van der Waals surface area (Å²) < 4.78 is 4.75. The van der Waals surface area contributed by atoms with Crippen LogP contribution in [0.25, 0.3) is 0 Å². The molecular formula is C9H16O3S. The van der Waals surface area contributed by atoms with Gasteiger partial charge in [-0.05, 0) is 31.3 Å². The summed E-state index contributed by atoms with van der Waals surface area (Å²) in [7, 11) is 1.38. The maximum absolute atomic E-state index is 11.5. The van der Waals surface area contributed by atoms with Gasteiger partial charge in [-0.15, -0.1) is 0 Å². The first-order valence-corrected chi connectivity index (χ1v) is 5.63. The number of esters is 1. The lowest BCUT2D eigenvalue weighted by Crippen LogP contribution is -2.44. The third kappa shape index (κ3) is 1.99. The van der Waals surface area contributed by atoms with Crippen molar-refractivity contribution in [1.82, 2.24) is 0 Å². The van der Waals surface area contributed by atoms with Crippen LogP contribution in [-0.4, -0.2) is 35.8 Å². The molecule has 1 atom stereocenters. The van der Waals surface area contributed by atoms with Gasteiger partial charge < -0.3 is 9.84 Å². The molecule has 0 spiro atoms. The van der Waals surface area contributed by atoms with Crippen LogP contribution in [0.3, 0.4) is 0 Å². The number of ether oxygens (including phenoxy) is 1. The molecule has 1 rings (SSSR count). The number of aliphatic hydroxyl groups is 1. The van der Waals surface area contributed by atoms with E-state index in [1.54, 1.807) is 6.92 Å². The highest BCUT2D eigenvalue weighted by atomic mass is 32.2. The number of hydrogen-bond donors (Lipinski definition) is 1. The summed E-state index contributed by atoms with van der Waals surface area (Å²) >= 11 is 1.82. The Hall–Kier alpha value is -0.220. The van der Waals surface area contributed by atoms with Crippen LogP contribution in [0.4, 0.5) is 0 Å². The molecule has 1 saturated heterocycles. The fourth-order valence-electron chi connectivity index (χ4n) is 1.73. The normalized spacial score (nSPS) is 23.6. The van der Waals surface area contributed by atoms with Gasteiger partial charge >= 0.3 is 5.97 Å². The second kappa shape index (κ2) is 4.33. The monoisotopic (exact) mass is 204 g/mol. The molecule has 1 aliphatic rings. The fraction of sp³-hybridized carbons (Fsp3) is 0.889. The SMILES string of the molecule is COC(=O)C1([C@H](C)O)CCSCC1. The molecule has 1 heterocycles. The predicted molar refractivity (Wildman–Crippen MR) is 52.7 cm³/mol. The van der Waals surface area contributed by atoms with Gasteiger partial charge in [-0.1, -0.05) is 0 Å². The van der Waals surface area contributed by atoms with Crippen molar-refractivity contribution in [2.24, 2.45) is 5.41 Å². The van der Waals surface area contributed by atoms with Gasteiger partial charge in [-0.25, -0.2) is 0 Å².